The molecule has 0 unspecified atom stereocenters. The molecule has 0 aliphatic heterocycles. The standard InChI is InChI=1S/C19H17ClO4/c1-13(18(20)22)2-3-14-4-6-15(7-5-14)12-24-19(23)16-8-10-17(21)11-9-16/h2,4-11,21H,3,12H2,1H3/b13-2+. The summed E-state index contributed by atoms with van der Waals surface area (Å²) in [6, 6.07) is 13.4. The Bertz CT molecular complexity index is 746. The molecule has 0 radical (unpaired) electrons. The van der Waals surface area contributed by atoms with Crippen LogP contribution in [0.2, 0.25) is 0 Å². The lowest BCUT2D eigenvalue weighted by Gasteiger charge is -2.06. The van der Waals surface area contributed by atoms with Crippen molar-refractivity contribution in [2.75, 3.05) is 0 Å². The Balaban J connectivity index is 1.90. The van der Waals surface area contributed by atoms with E-state index in [2.05, 4.69) is 0 Å². The average molecular weight is 345 g/mol. The van der Waals surface area contributed by atoms with E-state index in [-0.39, 0.29) is 12.4 Å². The van der Waals surface area contributed by atoms with Crippen molar-refractivity contribution < 1.29 is 19.4 Å². The third-order valence-corrected chi connectivity index (χ3v) is 3.75. The van der Waals surface area contributed by atoms with E-state index in [1.165, 1.54) is 24.3 Å². The first-order chi connectivity index (χ1) is 11.5. The highest BCUT2D eigenvalue weighted by molar-refractivity contribution is 6.67. The highest BCUT2D eigenvalue weighted by Gasteiger charge is 2.07. The lowest BCUT2D eigenvalue weighted by atomic mass is 10.1. The lowest BCUT2D eigenvalue weighted by molar-refractivity contribution is -0.108. The van der Waals surface area contributed by atoms with Gasteiger partial charge in [-0.3, -0.25) is 4.79 Å². The maximum Gasteiger partial charge on any atom is 0.338 e. The van der Waals surface area contributed by atoms with Crippen molar-refractivity contribution in [1.82, 2.24) is 0 Å². The molecule has 0 aliphatic rings. The number of carbonyl (C=O) groups is 2. The van der Waals surface area contributed by atoms with E-state index in [0.717, 1.165) is 11.1 Å². The molecule has 0 bridgehead atoms. The molecule has 2 aromatic rings. The van der Waals surface area contributed by atoms with Gasteiger partial charge in [0.1, 0.15) is 12.4 Å². The highest BCUT2D eigenvalue weighted by atomic mass is 35.5. The van der Waals surface area contributed by atoms with Gasteiger partial charge in [0, 0.05) is 5.57 Å². The molecular formula is C19H17ClO4. The number of hydrogen-bond donors (Lipinski definition) is 1. The Morgan fingerprint density at radius 2 is 1.62 bits per heavy atom. The van der Waals surface area contributed by atoms with Crippen LogP contribution < -0.4 is 0 Å². The van der Waals surface area contributed by atoms with Crippen molar-refractivity contribution in [3.63, 3.8) is 0 Å². The Morgan fingerprint density at radius 1 is 1.04 bits per heavy atom. The molecule has 2 aromatic carbocycles. The summed E-state index contributed by atoms with van der Waals surface area (Å²) >= 11 is 5.38. The van der Waals surface area contributed by atoms with Gasteiger partial charge < -0.3 is 9.84 Å². The summed E-state index contributed by atoms with van der Waals surface area (Å²) in [7, 11) is 0. The molecular weight excluding hydrogens is 328 g/mol. The fourth-order valence-electron chi connectivity index (χ4n) is 1.95. The van der Waals surface area contributed by atoms with Gasteiger partial charge in [0.15, 0.2) is 0 Å². The average Bonchev–Trinajstić information content (AvgIpc) is 2.59. The molecule has 124 valence electrons. The molecule has 0 amide bonds. The zero-order valence-electron chi connectivity index (χ0n) is 13.2. The van der Waals surface area contributed by atoms with Gasteiger partial charge in [-0.25, -0.2) is 4.79 Å². The highest BCUT2D eigenvalue weighted by Crippen LogP contribution is 2.13. The van der Waals surface area contributed by atoms with E-state index in [4.69, 9.17) is 16.3 Å². The monoisotopic (exact) mass is 344 g/mol. The van der Waals surface area contributed by atoms with Crippen LogP contribution in [0, 0.1) is 0 Å². The van der Waals surface area contributed by atoms with Gasteiger partial charge in [-0.15, -0.1) is 0 Å². The molecule has 0 fully saturated rings. The van der Waals surface area contributed by atoms with Gasteiger partial charge in [0.2, 0.25) is 5.24 Å². The summed E-state index contributed by atoms with van der Waals surface area (Å²) in [5.74, 6) is -0.347. The van der Waals surface area contributed by atoms with Crippen molar-refractivity contribution in [3.05, 3.63) is 76.9 Å². The minimum Gasteiger partial charge on any atom is -0.508 e. The van der Waals surface area contributed by atoms with Crippen LogP contribution in [0.4, 0.5) is 0 Å². The molecule has 5 heteroatoms. The minimum absolute atomic E-state index is 0.0993. The second-order valence-electron chi connectivity index (χ2n) is 5.30. The third kappa shape index (κ3) is 5.25. The number of ether oxygens (including phenoxy) is 1. The molecule has 0 saturated heterocycles. The van der Waals surface area contributed by atoms with E-state index in [1.54, 1.807) is 13.0 Å². The zero-order chi connectivity index (χ0) is 17.5. The molecule has 0 aromatic heterocycles. The predicted octanol–water partition coefficient (Wildman–Crippen LogP) is 4.00. The number of hydrogen-bond acceptors (Lipinski definition) is 4. The second kappa shape index (κ2) is 8.31. The van der Waals surface area contributed by atoms with Crippen LogP contribution in [0.15, 0.2) is 60.2 Å². The number of allylic oxidation sites excluding steroid dienone is 2. The summed E-state index contributed by atoms with van der Waals surface area (Å²) in [6.45, 7) is 1.83. The molecule has 0 saturated carbocycles. The van der Waals surface area contributed by atoms with Gasteiger partial charge >= 0.3 is 5.97 Å². The van der Waals surface area contributed by atoms with Crippen LogP contribution in [0.25, 0.3) is 0 Å². The zero-order valence-corrected chi connectivity index (χ0v) is 13.9. The smallest absolute Gasteiger partial charge is 0.338 e. The van der Waals surface area contributed by atoms with E-state index < -0.39 is 11.2 Å². The van der Waals surface area contributed by atoms with Gasteiger partial charge in [-0.1, -0.05) is 30.3 Å². The summed E-state index contributed by atoms with van der Waals surface area (Å²) in [5, 5.41) is 8.75. The molecule has 0 atom stereocenters. The Hall–Kier alpha value is -2.59. The second-order valence-corrected chi connectivity index (χ2v) is 5.65. The first-order valence-electron chi connectivity index (χ1n) is 7.36. The minimum atomic E-state index is -0.451. The Morgan fingerprint density at radius 3 is 2.21 bits per heavy atom. The topological polar surface area (TPSA) is 63.6 Å². The number of phenolic OH excluding ortho intramolecular Hbond substituents is 1. The van der Waals surface area contributed by atoms with Crippen LogP contribution >= 0.6 is 11.6 Å². The van der Waals surface area contributed by atoms with Crippen molar-refractivity contribution in [2.45, 2.75) is 20.0 Å². The van der Waals surface area contributed by atoms with E-state index in [9.17, 15) is 14.7 Å². The van der Waals surface area contributed by atoms with Crippen molar-refractivity contribution in [2.24, 2.45) is 0 Å². The molecule has 0 spiro atoms. The normalized spacial score (nSPS) is 11.2. The van der Waals surface area contributed by atoms with Gasteiger partial charge in [-0.2, -0.15) is 0 Å². The van der Waals surface area contributed by atoms with Crippen LogP contribution in [-0.4, -0.2) is 16.3 Å². The number of benzene rings is 2. The number of aromatic hydroxyl groups is 1. The lowest BCUT2D eigenvalue weighted by Crippen LogP contribution is -2.05. The van der Waals surface area contributed by atoms with Gasteiger partial charge in [0.25, 0.3) is 0 Å². The van der Waals surface area contributed by atoms with Crippen molar-refractivity contribution in [1.29, 1.82) is 0 Å². The number of halogens is 1. The van der Waals surface area contributed by atoms with Crippen molar-refractivity contribution >= 4 is 22.8 Å². The van der Waals surface area contributed by atoms with Crippen molar-refractivity contribution in [3.8, 4) is 5.75 Å². The molecule has 0 aliphatic carbocycles. The van der Waals surface area contributed by atoms with Crippen LogP contribution in [-0.2, 0) is 22.6 Å². The predicted molar refractivity (Wildman–Crippen MR) is 92.0 cm³/mol. The summed E-state index contributed by atoms with van der Waals surface area (Å²) in [6.07, 6.45) is 2.38. The number of phenols is 1. The largest absolute Gasteiger partial charge is 0.508 e. The van der Waals surface area contributed by atoms with Crippen LogP contribution in [0.1, 0.15) is 28.4 Å². The summed E-state index contributed by atoms with van der Waals surface area (Å²) in [4.78, 5) is 22.8. The van der Waals surface area contributed by atoms with E-state index >= 15 is 0 Å². The Kier molecular flexibility index (Phi) is 6.15. The van der Waals surface area contributed by atoms with E-state index in [1.807, 2.05) is 24.3 Å². The first kappa shape index (κ1) is 17.8. The SMILES string of the molecule is C/C(=C\Cc1ccc(COC(=O)c2ccc(O)cc2)cc1)C(=O)Cl. The fraction of sp³-hybridized carbons (Fsp3) is 0.158. The maximum atomic E-state index is 11.9. The number of carbonyl (C=O) groups excluding carboxylic acids is 2. The molecule has 1 N–H and O–H groups in total. The van der Waals surface area contributed by atoms with Gasteiger partial charge in [-0.05, 0) is 60.3 Å². The number of rotatable bonds is 6. The van der Waals surface area contributed by atoms with Crippen LogP contribution in [0.3, 0.4) is 0 Å². The summed E-state index contributed by atoms with van der Waals surface area (Å²) in [5.41, 5.74) is 2.79. The Labute approximate surface area is 145 Å². The molecule has 24 heavy (non-hydrogen) atoms. The third-order valence-electron chi connectivity index (χ3n) is 3.45. The van der Waals surface area contributed by atoms with Gasteiger partial charge in [0.05, 0.1) is 5.56 Å². The fourth-order valence-corrected chi connectivity index (χ4v) is 2.03. The molecule has 4 nitrogen and oxygen atoms in total. The first-order valence-corrected chi connectivity index (χ1v) is 7.74. The number of esters is 1. The molecule has 0 heterocycles. The van der Waals surface area contributed by atoms with E-state index in [0.29, 0.717) is 17.6 Å². The maximum absolute atomic E-state index is 11.9. The summed E-state index contributed by atoms with van der Waals surface area (Å²) < 4.78 is 5.23. The quantitative estimate of drug-likeness (QED) is 0.488. The van der Waals surface area contributed by atoms with Crippen LogP contribution in [0.5, 0.6) is 5.75 Å². The molecule has 2 rings (SSSR count).